The molecule has 1 aliphatic heterocycles. The minimum Gasteiger partial charge on any atom is -0.388 e. The number of para-hydroxylation sites is 1. The minimum absolute atomic E-state index is 0.0330. The van der Waals surface area contributed by atoms with E-state index in [0.29, 0.717) is 36.2 Å². The average Bonchev–Trinajstić information content (AvgIpc) is 3.11. The molecule has 176 valence electrons. The molecule has 1 heterocycles. The Morgan fingerprint density at radius 2 is 1.88 bits per heavy atom. The van der Waals surface area contributed by atoms with E-state index in [4.69, 9.17) is 7.85 Å². The molecule has 0 saturated heterocycles. The highest BCUT2D eigenvalue weighted by Gasteiger charge is 2.42. The van der Waals surface area contributed by atoms with Crippen molar-refractivity contribution in [1.82, 2.24) is 15.5 Å². The van der Waals surface area contributed by atoms with Gasteiger partial charge in [-0.2, -0.15) is 8.78 Å². The summed E-state index contributed by atoms with van der Waals surface area (Å²) in [5.74, 6) is -6.83. The molecule has 0 unspecified atom stereocenters. The van der Waals surface area contributed by atoms with E-state index < -0.39 is 29.1 Å². The molecule has 0 saturated carbocycles. The zero-order valence-corrected chi connectivity index (χ0v) is 18.5. The van der Waals surface area contributed by atoms with Gasteiger partial charge in [0.1, 0.15) is 0 Å². The third kappa shape index (κ3) is 5.59. The van der Waals surface area contributed by atoms with Gasteiger partial charge in [-0.1, -0.05) is 30.3 Å². The van der Waals surface area contributed by atoms with Crippen molar-refractivity contribution in [2.24, 2.45) is 0 Å². The van der Waals surface area contributed by atoms with E-state index >= 15 is 0 Å². The predicted octanol–water partition coefficient (Wildman–Crippen LogP) is 2.28. The number of rotatable bonds is 9. The molecular formula is C23H23BF2N4O4. The molecule has 2 aromatic carbocycles. The second-order valence-electron chi connectivity index (χ2n) is 7.79. The van der Waals surface area contributed by atoms with Crippen molar-refractivity contribution in [3.05, 3.63) is 64.7 Å². The third-order valence-corrected chi connectivity index (χ3v) is 5.42. The van der Waals surface area contributed by atoms with Gasteiger partial charge >= 0.3 is 5.92 Å². The maximum Gasteiger partial charge on any atom is 0.351 e. The number of nitrogens with one attached hydrogen (secondary N) is 3. The van der Waals surface area contributed by atoms with E-state index in [0.717, 1.165) is 0 Å². The Labute approximate surface area is 196 Å². The number of hydrogen-bond donors (Lipinski definition) is 3. The smallest absolute Gasteiger partial charge is 0.351 e. The van der Waals surface area contributed by atoms with Crippen molar-refractivity contribution in [2.75, 3.05) is 18.9 Å². The quantitative estimate of drug-likeness (QED) is 0.490. The average molecular weight is 468 g/mol. The number of carbonyl (C=O) groups is 4. The highest BCUT2D eigenvalue weighted by molar-refractivity contribution is 6.58. The fourth-order valence-corrected chi connectivity index (χ4v) is 3.75. The third-order valence-electron chi connectivity index (χ3n) is 5.42. The van der Waals surface area contributed by atoms with Crippen LogP contribution in [0.25, 0.3) is 0 Å². The number of nitrogens with zero attached hydrogens (tertiary/aromatic N) is 1. The zero-order valence-electron chi connectivity index (χ0n) is 18.5. The van der Waals surface area contributed by atoms with E-state index in [1.807, 2.05) is 5.32 Å². The van der Waals surface area contributed by atoms with Crippen LogP contribution in [-0.4, -0.2) is 49.9 Å². The van der Waals surface area contributed by atoms with Crippen LogP contribution in [-0.2, 0) is 28.6 Å². The monoisotopic (exact) mass is 468 g/mol. The molecule has 2 aromatic rings. The number of imide groups is 1. The summed E-state index contributed by atoms with van der Waals surface area (Å²) in [6.07, 6.45) is 0.371. The maximum atomic E-state index is 14.7. The van der Waals surface area contributed by atoms with E-state index in [1.54, 1.807) is 29.2 Å². The van der Waals surface area contributed by atoms with Gasteiger partial charge in [0.25, 0.3) is 11.8 Å². The Morgan fingerprint density at radius 1 is 1.15 bits per heavy atom. The van der Waals surface area contributed by atoms with Gasteiger partial charge in [0.05, 0.1) is 5.56 Å². The van der Waals surface area contributed by atoms with Crippen molar-refractivity contribution < 1.29 is 28.0 Å². The van der Waals surface area contributed by atoms with Gasteiger partial charge in [0, 0.05) is 44.4 Å². The van der Waals surface area contributed by atoms with Gasteiger partial charge in [0.2, 0.25) is 13.8 Å². The van der Waals surface area contributed by atoms with Crippen LogP contribution < -0.4 is 16.0 Å². The van der Waals surface area contributed by atoms with Crippen LogP contribution in [0.3, 0.4) is 0 Å². The van der Waals surface area contributed by atoms with Crippen LogP contribution in [0.2, 0.25) is 0 Å². The van der Waals surface area contributed by atoms with Crippen LogP contribution in [0.4, 0.5) is 19.3 Å². The first kappa shape index (κ1) is 24.9. The zero-order chi connectivity index (χ0) is 24.9. The largest absolute Gasteiger partial charge is 0.388 e. The molecule has 34 heavy (non-hydrogen) atoms. The molecule has 8 nitrogen and oxygen atoms in total. The van der Waals surface area contributed by atoms with E-state index in [-0.39, 0.29) is 24.6 Å². The molecule has 0 spiro atoms. The van der Waals surface area contributed by atoms with Gasteiger partial charge in [-0.25, -0.2) is 0 Å². The lowest BCUT2D eigenvalue weighted by Crippen LogP contribution is -2.38. The fraction of sp³-hybridized carbons (Fsp3) is 0.304. The van der Waals surface area contributed by atoms with E-state index in [1.165, 1.54) is 25.2 Å². The lowest BCUT2D eigenvalue weighted by atomic mass is 10.0. The summed E-state index contributed by atoms with van der Waals surface area (Å²) < 4.78 is 29.4. The summed E-state index contributed by atoms with van der Waals surface area (Å²) >= 11 is 0. The number of anilines is 1. The highest BCUT2D eigenvalue weighted by atomic mass is 19.3. The van der Waals surface area contributed by atoms with Crippen LogP contribution in [0.5, 0.6) is 0 Å². The maximum absolute atomic E-state index is 14.7. The first-order valence-corrected chi connectivity index (χ1v) is 10.6. The number of fused-ring (bicyclic) bond motifs is 1. The van der Waals surface area contributed by atoms with Crippen LogP contribution in [0.1, 0.15) is 39.9 Å². The molecule has 11 heteroatoms. The van der Waals surface area contributed by atoms with E-state index in [2.05, 4.69) is 10.6 Å². The lowest BCUT2D eigenvalue weighted by molar-refractivity contribution is -0.147. The van der Waals surface area contributed by atoms with Crippen LogP contribution in [0.15, 0.2) is 42.5 Å². The number of carbonyl (C=O) groups excluding carboxylic acids is 4. The summed E-state index contributed by atoms with van der Waals surface area (Å²) in [4.78, 5) is 48.5. The molecule has 0 bridgehead atoms. The Bertz CT molecular complexity index is 1130. The Hall–Kier alpha value is -3.76. The lowest BCUT2D eigenvalue weighted by Gasteiger charge is -2.19. The summed E-state index contributed by atoms with van der Waals surface area (Å²) in [5, 5.41) is 6.88. The van der Waals surface area contributed by atoms with Gasteiger partial charge in [-0.15, -0.1) is 0 Å². The van der Waals surface area contributed by atoms with Crippen molar-refractivity contribution in [3.8, 4) is 0 Å². The number of alkyl halides is 2. The summed E-state index contributed by atoms with van der Waals surface area (Å²) in [6.45, 7) is 0.451. The second kappa shape index (κ2) is 10.5. The highest BCUT2D eigenvalue weighted by Crippen LogP contribution is 2.33. The summed E-state index contributed by atoms with van der Waals surface area (Å²) in [6, 6.07) is 10.6. The standard InChI is InChI=1S/C23H23BF2N4O4/c1-27-18-6-3-2-5-17(18)23(25,26)21(33)28-12-14-8-9-16-15(11-14)13-30(20(16)32)10-4-7-19(31)29-22(24)34/h2-3,5-6,8-9,11,27H,4,7,10,12-13H2,1H3,(H,28,33)(H,29,31,34). The molecule has 0 aliphatic carbocycles. The van der Waals surface area contributed by atoms with E-state index in [9.17, 15) is 28.0 Å². The van der Waals surface area contributed by atoms with Crippen molar-refractivity contribution >= 4 is 37.1 Å². The number of hydrogen-bond acceptors (Lipinski definition) is 5. The normalized spacial score (nSPS) is 12.8. The van der Waals surface area contributed by atoms with Crippen molar-refractivity contribution in [2.45, 2.75) is 31.9 Å². The second-order valence-corrected chi connectivity index (χ2v) is 7.79. The Balaban J connectivity index is 1.58. The molecule has 0 atom stereocenters. The summed E-state index contributed by atoms with van der Waals surface area (Å²) in [7, 11) is 6.38. The molecule has 1 aliphatic rings. The fourth-order valence-electron chi connectivity index (χ4n) is 3.75. The minimum atomic E-state index is -3.73. The van der Waals surface area contributed by atoms with Crippen LogP contribution in [0, 0.1) is 0 Å². The molecule has 3 N–H and O–H groups in total. The van der Waals surface area contributed by atoms with Gasteiger partial charge in [-0.3, -0.25) is 19.2 Å². The topological polar surface area (TPSA) is 108 Å². The van der Waals surface area contributed by atoms with Crippen LogP contribution >= 0.6 is 0 Å². The van der Waals surface area contributed by atoms with Crippen molar-refractivity contribution in [3.63, 3.8) is 0 Å². The molecule has 2 radical (unpaired) electrons. The molecular weight excluding hydrogens is 445 g/mol. The summed E-state index contributed by atoms with van der Waals surface area (Å²) in [5.41, 5.74) is 1.48. The first-order valence-electron chi connectivity index (χ1n) is 10.6. The van der Waals surface area contributed by atoms with Gasteiger partial charge in [0.15, 0.2) is 5.81 Å². The molecule has 0 fully saturated rings. The number of halogens is 2. The van der Waals surface area contributed by atoms with Gasteiger partial charge in [-0.05, 0) is 29.7 Å². The molecule has 4 amide bonds. The first-order chi connectivity index (χ1) is 16.1. The SMILES string of the molecule is [B]C(=O)NC(=O)CCCN1Cc2cc(CNC(=O)C(F)(F)c3ccccc3NC)ccc2C1=O. The Morgan fingerprint density at radius 3 is 2.59 bits per heavy atom. The Kier molecular flexibility index (Phi) is 7.65. The molecule has 0 aromatic heterocycles. The molecule has 3 rings (SSSR count). The van der Waals surface area contributed by atoms with Crippen molar-refractivity contribution in [1.29, 1.82) is 0 Å². The predicted molar refractivity (Wildman–Crippen MR) is 121 cm³/mol. The van der Waals surface area contributed by atoms with Gasteiger partial charge < -0.3 is 20.9 Å². The number of benzene rings is 2. The number of amides is 4.